The van der Waals surface area contributed by atoms with Crippen molar-refractivity contribution < 1.29 is 18.7 Å². The van der Waals surface area contributed by atoms with Gasteiger partial charge in [0.25, 0.3) is 0 Å². The first kappa shape index (κ1) is 19.8. The Morgan fingerprint density at radius 1 is 1.14 bits per heavy atom. The maximum Gasteiger partial charge on any atom is 0.319 e. The lowest BCUT2D eigenvalue weighted by Crippen LogP contribution is -2.32. The summed E-state index contributed by atoms with van der Waals surface area (Å²) >= 11 is 0. The molecule has 3 N–H and O–H groups in total. The molecule has 148 valence electrons. The van der Waals surface area contributed by atoms with Crippen LogP contribution in [0, 0.1) is 17.6 Å². The number of carbonyl (C=O) groups is 1. The van der Waals surface area contributed by atoms with E-state index in [-0.39, 0.29) is 12.1 Å². The summed E-state index contributed by atoms with van der Waals surface area (Å²) in [6.07, 6.45) is 0.737. The average molecular weight is 387 g/mol. The molecule has 3 aromatic rings. The topological polar surface area (TPSA) is 66.3 Å². The number of urea groups is 1. The van der Waals surface area contributed by atoms with Crippen LogP contribution in [0.2, 0.25) is 0 Å². The molecule has 0 bridgehead atoms. The van der Waals surface area contributed by atoms with E-state index in [1.165, 1.54) is 0 Å². The average Bonchev–Trinajstić information content (AvgIpc) is 3.01. The summed E-state index contributed by atoms with van der Waals surface area (Å²) in [7, 11) is 0. The summed E-state index contributed by atoms with van der Waals surface area (Å²) in [4.78, 5) is 12.1. The molecule has 0 aliphatic heterocycles. The van der Waals surface area contributed by atoms with Gasteiger partial charge in [0, 0.05) is 47.5 Å². The number of carbonyl (C=O) groups excluding carboxylic acids is 1. The standard InChI is InChI=1S/C21H23F2N3O2/c1-13(2)12-26-8-7-14-9-16(4-6-19(14)26)25-21(28)24-11-20(27)17-5-3-15(22)10-18(17)23/h3-10,13,20,27H,11-12H2,1-2H3,(H2,24,25,28). The molecule has 1 heterocycles. The van der Waals surface area contributed by atoms with Crippen molar-refractivity contribution in [3.8, 4) is 0 Å². The molecule has 0 aliphatic carbocycles. The van der Waals surface area contributed by atoms with Gasteiger partial charge in [0.1, 0.15) is 11.6 Å². The Balaban J connectivity index is 1.60. The number of amides is 2. The van der Waals surface area contributed by atoms with Crippen molar-refractivity contribution in [2.24, 2.45) is 5.92 Å². The molecule has 3 rings (SSSR count). The van der Waals surface area contributed by atoms with Crippen molar-refractivity contribution >= 4 is 22.6 Å². The number of aromatic nitrogens is 1. The number of benzene rings is 2. The fraction of sp³-hybridized carbons (Fsp3) is 0.286. The van der Waals surface area contributed by atoms with E-state index >= 15 is 0 Å². The van der Waals surface area contributed by atoms with Crippen LogP contribution in [0.15, 0.2) is 48.7 Å². The van der Waals surface area contributed by atoms with Crippen molar-refractivity contribution in [3.05, 3.63) is 65.9 Å². The first-order valence-electron chi connectivity index (χ1n) is 9.10. The first-order chi connectivity index (χ1) is 13.3. The van der Waals surface area contributed by atoms with Gasteiger partial charge < -0.3 is 20.3 Å². The molecule has 1 aromatic heterocycles. The molecule has 0 saturated carbocycles. The van der Waals surface area contributed by atoms with Crippen LogP contribution in [0.5, 0.6) is 0 Å². The molecule has 7 heteroatoms. The minimum atomic E-state index is -1.28. The third-order valence-electron chi connectivity index (χ3n) is 4.37. The van der Waals surface area contributed by atoms with Gasteiger partial charge in [-0.05, 0) is 36.2 Å². The number of fused-ring (bicyclic) bond motifs is 1. The summed E-state index contributed by atoms with van der Waals surface area (Å²) < 4.78 is 28.8. The highest BCUT2D eigenvalue weighted by Crippen LogP contribution is 2.22. The van der Waals surface area contributed by atoms with Crippen LogP contribution < -0.4 is 10.6 Å². The normalized spacial score (nSPS) is 12.4. The van der Waals surface area contributed by atoms with E-state index in [0.29, 0.717) is 17.7 Å². The molecule has 1 atom stereocenters. The second-order valence-electron chi connectivity index (χ2n) is 7.15. The monoisotopic (exact) mass is 387 g/mol. The fourth-order valence-electron chi connectivity index (χ4n) is 3.08. The summed E-state index contributed by atoms with van der Waals surface area (Å²) in [6, 6.07) is 9.98. The quantitative estimate of drug-likeness (QED) is 0.586. The Bertz CT molecular complexity index is 985. The number of anilines is 1. The van der Waals surface area contributed by atoms with Crippen LogP contribution in [0.3, 0.4) is 0 Å². The van der Waals surface area contributed by atoms with Crippen LogP contribution in [0.1, 0.15) is 25.5 Å². The molecule has 2 amide bonds. The van der Waals surface area contributed by atoms with E-state index in [1.807, 2.05) is 24.4 Å². The van der Waals surface area contributed by atoms with Gasteiger partial charge in [-0.2, -0.15) is 0 Å². The highest BCUT2D eigenvalue weighted by molar-refractivity contribution is 5.93. The molecule has 0 spiro atoms. The molecule has 2 aromatic carbocycles. The number of nitrogens with zero attached hydrogens (tertiary/aromatic N) is 1. The Kier molecular flexibility index (Phi) is 5.94. The predicted octanol–water partition coefficient (Wildman–Crippen LogP) is 4.43. The molecular weight excluding hydrogens is 364 g/mol. The molecule has 0 aliphatic rings. The summed E-state index contributed by atoms with van der Waals surface area (Å²) in [5.41, 5.74) is 1.62. The van der Waals surface area contributed by atoms with Gasteiger partial charge in [-0.1, -0.05) is 19.9 Å². The Hall–Kier alpha value is -2.93. The van der Waals surface area contributed by atoms with Crippen molar-refractivity contribution in [2.45, 2.75) is 26.5 Å². The Labute approximate surface area is 162 Å². The van der Waals surface area contributed by atoms with Gasteiger partial charge in [0.15, 0.2) is 0 Å². The van der Waals surface area contributed by atoms with Crippen LogP contribution >= 0.6 is 0 Å². The second-order valence-corrected chi connectivity index (χ2v) is 7.15. The van der Waals surface area contributed by atoms with Crippen LogP contribution in [-0.2, 0) is 6.54 Å². The molecular formula is C21H23F2N3O2. The third kappa shape index (κ3) is 4.67. The van der Waals surface area contributed by atoms with Gasteiger partial charge in [-0.25, -0.2) is 13.6 Å². The fourth-order valence-corrected chi connectivity index (χ4v) is 3.08. The van der Waals surface area contributed by atoms with E-state index in [4.69, 9.17) is 0 Å². The molecule has 0 fully saturated rings. The maximum absolute atomic E-state index is 13.7. The third-order valence-corrected chi connectivity index (χ3v) is 4.37. The number of aliphatic hydroxyl groups excluding tert-OH is 1. The minimum absolute atomic E-state index is 0.0744. The van der Waals surface area contributed by atoms with Crippen molar-refractivity contribution in [1.29, 1.82) is 0 Å². The number of aliphatic hydroxyl groups is 1. The molecule has 28 heavy (non-hydrogen) atoms. The summed E-state index contributed by atoms with van der Waals surface area (Å²) in [5.74, 6) is -1.06. The zero-order chi connectivity index (χ0) is 20.3. The number of rotatable bonds is 6. The van der Waals surface area contributed by atoms with E-state index in [9.17, 15) is 18.7 Å². The van der Waals surface area contributed by atoms with E-state index in [0.717, 1.165) is 29.6 Å². The first-order valence-corrected chi connectivity index (χ1v) is 9.10. The molecule has 0 saturated heterocycles. The van der Waals surface area contributed by atoms with Gasteiger partial charge in [-0.15, -0.1) is 0 Å². The number of hydrogen-bond acceptors (Lipinski definition) is 2. The van der Waals surface area contributed by atoms with Crippen LogP contribution in [-0.4, -0.2) is 22.2 Å². The van der Waals surface area contributed by atoms with E-state index in [1.54, 1.807) is 6.07 Å². The number of halogens is 2. The smallest absolute Gasteiger partial charge is 0.319 e. The maximum atomic E-state index is 13.7. The number of nitrogens with one attached hydrogen (secondary N) is 2. The molecule has 1 unspecified atom stereocenters. The van der Waals surface area contributed by atoms with Crippen molar-refractivity contribution in [2.75, 3.05) is 11.9 Å². The SMILES string of the molecule is CC(C)Cn1ccc2cc(NC(=O)NCC(O)c3ccc(F)cc3F)ccc21. The van der Waals surface area contributed by atoms with Crippen molar-refractivity contribution in [1.82, 2.24) is 9.88 Å². The summed E-state index contributed by atoms with van der Waals surface area (Å²) in [6.45, 7) is 5.01. The van der Waals surface area contributed by atoms with E-state index in [2.05, 4.69) is 29.0 Å². The highest BCUT2D eigenvalue weighted by atomic mass is 19.1. The lowest BCUT2D eigenvalue weighted by atomic mass is 10.1. The zero-order valence-electron chi connectivity index (χ0n) is 15.7. The van der Waals surface area contributed by atoms with Gasteiger partial charge in [0.05, 0.1) is 6.10 Å². The largest absolute Gasteiger partial charge is 0.386 e. The van der Waals surface area contributed by atoms with Crippen LogP contribution in [0.4, 0.5) is 19.3 Å². The van der Waals surface area contributed by atoms with Gasteiger partial charge in [0.2, 0.25) is 0 Å². The van der Waals surface area contributed by atoms with Gasteiger partial charge in [-0.3, -0.25) is 0 Å². The predicted molar refractivity (Wildman–Crippen MR) is 105 cm³/mol. The van der Waals surface area contributed by atoms with Crippen LogP contribution in [0.25, 0.3) is 10.9 Å². The molecule has 0 radical (unpaired) electrons. The Morgan fingerprint density at radius 2 is 1.93 bits per heavy atom. The number of hydrogen-bond donors (Lipinski definition) is 3. The van der Waals surface area contributed by atoms with Crippen molar-refractivity contribution in [3.63, 3.8) is 0 Å². The lowest BCUT2D eigenvalue weighted by Gasteiger charge is -2.14. The zero-order valence-corrected chi connectivity index (χ0v) is 15.7. The minimum Gasteiger partial charge on any atom is -0.386 e. The highest BCUT2D eigenvalue weighted by Gasteiger charge is 2.15. The van der Waals surface area contributed by atoms with Gasteiger partial charge >= 0.3 is 6.03 Å². The second kappa shape index (κ2) is 8.39. The lowest BCUT2D eigenvalue weighted by molar-refractivity contribution is 0.170. The van der Waals surface area contributed by atoms with E-state index < -0.39 is 23.8 Å². The molecule has 5 nitrogen and oxygen atoms in total. The summed E-state index contributed by atoms with van der Waals surface area (Å²) in [5, 5.41) is 16.2. The Morgan fingerprint density at radius 3 is 2.64 bits per heavy atom.